The van der Waals surface area contributed by atoms with Gasteiger partial charge in [-0.15, -0.1) is 0 Å². The number of ether oxygens (including phenoxy) is 1. The minimum atomic E-state index is 0.551. The van der Waals surface area contributed by atoms with Crippen molar-refractivity contribution in [2.75, 3.05) is 18.5 Å². The zero-order chi connectivity index (χ0) is 20.2. The molecule has 4 rings (SSSR count). The first-order valence-corrected chi connectivity index (χ1v) is 9.79. The minimum Gasteiger partial charge on any atom is -0.491 e. The predicted octanol–water partition coefficient (Wildman–Crippen LogP) is 4.13. The number of hydrogen-bond acceptors (Lipinski definition) is 5. The molecule has 0 saturated carbocycles. The molecule has 0 unspecified atom stereocenters. The zero-order valence-corrected chi connectivity index (χ0v) is 17.0. The first-order chi connectivity index (χ1) is 14.1. The van der Waals surface area contributed by atoms with Gasteiger partial charge in [-0.2, -0.15) is 14.6 Å². The van der Waals surface area contributed by atoms with Crippen LogP contribution in [-0.4, -0.2) is 32.7 Å². The van der Waals surface area contributed by atoms with Crippen LogP contribution in [0.15, 0.2) is 54.9 Å². The summed E-state index contributed by atoms with van der Waals surface area (Å²) in [5.41, 5.74) is 5.75. The van der Waals surface area contributed by atoms with Gasteiger partial charge in [-0.05, 0) is 49.9 Å². The molecule has 2 aromatic carbocycles. The molecular weight excluding hydrogens is 362 g/mol. The second kappa shape index (κ2) is 8.31. The summed E-state index contributed by atoms with van der Waals surface area (Å²) in [5, 5.41) is 7.67. The maximum Gasteiger partial charge on any atom is 0.254 e. The highest BCUT2D eigenvalue weighted by Gasteiger charge is 2.10. The van der Waals surface area contributed by atoms with Crippen LogP contribution in [-0.2, 0) is 6.42 Å². The molecule has 4 aromatic rings. The van der Waals surface area contributed by atoms with E-state index in [1.807, 2.05) is 19.9 Å². The van der Waals surface area contributed by atoms with Crippen LogP contribution in [0.2, 0.25) is 0 Å². The Balaban J connectivity index is 1.37. The molecule has 0 amide bonds. The van der Waals surface area contributed by atoms with Crippen molar-refractivity contribution in [3.63, 3.8) is 0 Å². The highest BCUT2D eigenvalue weighted by atomic mass is 16.5. The Morgan fingerprint density at radius 2 is 1.83 bits per heavy atom. The molecule has 0 saturated heterocycles. The fourth-order valence-electron chi connectivity index (χ4n) is 3.39. The molecule has 0 aliphatic carbocycles. The van der Waals surface area contributed by atoms with Crippen molar-refractivity contribution in [3.05, 3.63) is 82.8 Å². The van der Waals surface area contributed by atoms with E-state index in [-0.39, 0.29) is 0 Å². The van der Waals surface area contributed by atoms with Crippen LogP contribution in [0.1, 0.15) is 27.9 Å². The molecule has 29 heavy (non-hydrogen) atoms. The Labute approximate surface area is 170 Å². The van der Waals surface area contributed by atoms with E-state index in [0.717, 1.165) is 34.8 Å². The molecule has 0 bridgehead atoms. The van der Waals surface area contributed by atoms with E-state index < -0.39 is 0 Å². The van der Waals surface area contributed by atoms with Gasteiger partial charge in [0.2, 0.25) is 0 Å². The van der Waals surface area contributed by atoms with Crippen LogP contribution in [0.4, 0.5) is 5.82 Å². The summed E-state index contributed by atoms with van der Waals surface area (Å²) in [7, 11) is 0. The van der Waals surface area contributed by atoms with E-state index in [1.165, 1.54) is 17.5 Å². The number of anilines is 1. The summed E-state index contributed by atoms with van der Waals surface area (Å²) >= 11 is 0. The van der Waals surface area contributed by atoms with Gasteiger partial charge in [-0.3, -0.25) is 0 Å². The summed E-state index contributed by atoms with van der Waals surface area (Å²) < 4.78 is 7.73. The van der Waals surface area contributed by atoms with Crippen LogP contribution in [0.5, 0.6) is 5.75 Å². The van der Waals surface area contributed by atoms with E-state index in [9.17, 15) is 0 Å². The molecule has 2 heterocycles. The Morgan fingerprint density at radius 3 is 2.62 bits per heavy atom. The number of rotatable bonds is 7. The molecule has 0 aliphatic heterocycles. The lowest BCUT2D eigenvalue weighted by molar-refractivity contribution is 0.330. The first-order valence-electron chi connectivity index (χ1n) is 9.79. The summed E-state index contributed by atoms with van der Waals surface area (Å²) in [5.74, 6) is 2.42. The maximum atomic E-state index is 6.00. The van der Waals surface area contributed by atoms with Gasteiger partial charge in [-0.1, -0.05) is 42.5 Å². The number of aromatic nitrogens is 4. The predicted molar refractivity (Wildman–Crippen MR) is 115 cm³/mol. The van der Waals surface area contributed by atoms with Gasteiger partial charge in [0.25, 0.3) is 5.78 Å². The fraction of sp³-hybridized carbons (Fsp3) is 0.261. The summed E-state index contributed by atoms with van der Waals surface area (Å²) in [6.07, 6.45) is 2.45. The molecule has 6 heteroatoms. The number of hydrogen-bond donors (Lipinski definition) is 1. The highest BCUT2D eigenvalue weighted by molar-refractivity contribution is 5.51. The van der Waals surface area contributed by atoms with Crippen molar-refractivity contribution >= 4 is 11.6 Å². The van der Waals surface area contributed by atoms with E-state index >= 15 is 0 Å². The number of benzene rings is 2. The quantitative estimate of drug-likeness (QED) is 0.483. The molecule has 2 aromatic heterocycles. The summed E-state index contributed by atoms with van der Waals surface area (Å²) in [6, 6.07) is 16.9. The smallest absolute Gasteiger partial charge is 0.254 e. The monoisotopic (exact) mass is 387 g/mol. The van der Waals surface area contributed by atoms with E-state index in [0.29, 0.717) is 18.9 Å². The minimum absolute atomic E-state index is 0.551. The second-order valence-corrected chi connectivity index (χ2v) is 7.18. The molecule has 1 N–H and O–H groups in total. The maximum absolute atomic E-state index is 6.00. The second-order valence-electron chi connectivity index (χ2n) is 7.18. The third kappa shape index (κ3) is 4.21. The molecule has 148 valence electrons. The average Bonchev–Trinajstić information content (AvgIpc) is 3.18. The Morgan fingerprint density at radius 1 is 1.00 bits per heavy atom. The third-order valence-electron chi connectivity index (χ3n) is 5.05. The van der Waals surface area contributed by atoms with Gasteiger partial charge < -0.3 is 10.1 Å². The lowest BCUT2D eigenvalue weighted by Crippen LogP contribution is -2.16. The van der Waals surface area contributed by atoms with E-state index in [2.05, 4.69) is 69.8 Å². The number of fused-ring (bicyclic) bond motifs is 1. The highest BCUT2D eigenvalue weighted by Crippen LogP contribution is 2.21. The van der Waals surface area contributed by atoms with Crippen LogP contribution in [0, 0.1) is 20.8 Å². The van der Waals surface area contributed by atoms with E-state index in [1.54, 1.807) is 4.52 Å². The molecule has 0 spiro atoms. The number of aryl methyl sites for hydroxylation is 2. The summed E-state index contributed by atoms with van der Waals surface area (Å²) in [6.45, 7) is 7.31. The SMILES string of the molecule is Cc1cc(Cc2ccccc2)ccc1OCCNc1c(C)c(C)nc2ncnn12. The van der Waals surface area contributed by atoms with Crippen molar-refractivity contribution in [1.82, 2.24) is 19.6 Å². The average molecular weight is 387 g/mol. The Bertz CT molecular complexity index is 1120. The molecule has 0 atom stereocenters. The standard InChI is InChI=1S/C23H25N5O/c1-16-13-20(14-19-7-5-4-6-8-19)9-10-21(16)29-12-11-24-22-17(2)18(3)27-23-25-15-26-28(22)23/h4-10,13,15,24H,11-12,14H2,1-3H3. The lowest BCUT2D eigenvalue weighted by atomic mass is 10.0. The van der Waals surface area contributed by atoms with Crippen LogP contribution in [0.25, 0.3) is 5.78 Å². The van der Waals surface area contributed by atoms with Crippen LogP contribution < -0.4 is 10.1 Å². The first kappa shape index (κ1) is 18.9. The zero-order valence-electron chi connectivity index (χ0n) is 17.0. The normalized spacial score (nSPS) is 11.0. The van der Waals surface area contributed by atoms with Crippen molar-refractivity contribution in [2.45, 2.75) is 27.2 Å². The molecule has 0 fully saturated rings. The summed E-state index contributed by atoms with van der Waals surface area (Å²) in [4.78, 5) is 8.62. The largest absolute Gasteiger partial charge is 0.491 e. The lowest BCUT2D eigenvalue weighted by Gasteiger charge is -2.14. The molecule has 0 aliphatic rings. The molecular formula is C23H25N5O. The fourth-order valence-corrected chi connectivity index (χ4v) is 3.39. The third-order valence-corrected chi connectivity index (χ3v) is 5.05. The van der Waals surface area contributed by atoms with Crippen LogP contribution >= 0.6 is 0 Å². The number of nitrogens with zero attached hydrogens (tertiary/aromatic N) is 4. The van der Waals surface area contributed by atoms with Gasteiger partial charge in [0.1, 0.15) is 24.5 Å². The van der Waals surface area contributed by atoms with Gasteiger partial charge in [0.15, 0.2) is 0 Å². The van der Waals surface area contributed by atoms with Gasteiger partial charge in [0, 0.05) is 11.3 Å². The van der Waals surface area contributed by atoms with Crippen LogP contribution in [0.3, 0.4) is 0 Å². The van der Waals surface area contributed by atoms with Gasteiger partial charge in [-0.25, -0.2) is 4.98 Å². The van der Waals surface area contributed by atoms with Crippen molar-refractivity contribution < 1.29 is 4.74 Å². The van der Waals surface area contributed by atoms with Crippen molar-refractivity contribution in [3.8, 4) is 5.75 Å². The van der Waals surface area contributed by atoms with E-state index in [4.69, 9.17) is 4.74 Å². The number of nitrogens with one attached hydrogen (secondary N) is 1. The Hall–Kier alpha value is -3.41. The molecule has 0 radical (unpaired) electrons. The Kier molecular flexibility index (Phi) is 5.42. The van der Waals surface area contributed by atoms with Crippen molar-refractivity contribution in [2.24, 2.45) is 0 Å². The topological polar surface area (TPSA) is 64.3 Å². The van der Waals surface area contributed by atoms with Crippen molar-refractivity contribution in [1.29, 1.82) is 0 Å². The molecule has 6 nitrogen and oxygen atoms in total. The van der Waals surface area contributed by atoms with Gasteiger partial charge in [0.05, 0.1) is 6.54 Å². The van der Waals surface area contributed by atoms with Gasteiger partial charge >= 0.3 is 0 Å².